The summed E-state index contributed by atoms with van der Waals surface area (Å²) in [7, 11) is -2.23. The normalized spacial score (nSPS) is 14.7. The molecule has 1 amide bonds. The van der Waals surface area contributed by atoms with E-state index in [0.717, 1.165) is 17.7 Å². The Balaban J connectivity index is 1.87. The van der Waals surface area contributed by atoms with Crippen LogP contribution in [-0.4, -0.2) is 53.0 Å². The maximum atomic E-state index is 12.8. The smallest absolute Gasteiger partial charge is 0.262 e. The monoisotopic (exact) mass is 389 g/mol. The van der Waals surface area contributed by atoms with Gasteiger partial charge >= 0.3 is 0 Å². The van der Waals surface area contributed by atoms with Crippen LogP contribution in [0.1, 0.15) is 5.56 Å². The van der Waals surface area contributed by atoms with Crippen LogP contribution >= 0.6 is 0 Å². The molecule has 0 unspecified atom stereocenters. The van der Waals surface area contributed by atoms with Crippen molar-refractivity contribution < 1.29 is 17.9 Å². The van der Waals surface area contributed by atoms with Crippen LogP contribution in [0, 0.1) is 6.92 Å². The number of hydrogen-bond donors (Lipinski definition) is 1. The number of sulfonamides is 1. The fourth-order valence-corrected chi connectivity index (χ4v) is 4.21. The molecule has 7 nitrogen and oxygen atoms in total. The predicted molar refractivity (Wildman–Crippen MR) is 105 cm³/mol. The Bertz CT molecular complexity index is 922. The lowest BCUT2D eigenvalue weighted by Crippen LogP contribution is -2.45. The summed E-state index contributed by atoms with van der Waals surface area (Å²) < 4.78 is 33.5. The number of benzene rings is 2. The molecule has 0 saturated carbocycles. The molecule has 0 aromatic heterocycles. The molecule has 3 rings (SSSR count). The number of ether oxygens (including phenoxy) is 1. The minimum Gasteiger partial charge on any atom is -0.495 e. The summed E-state index contributed by atoms with van der Waals surface area (Å²) in [6.07, 6.45) is 0.854. The van der Waals surface area contributed by atoms with E-state index in [-0.39, 0.29) is 4.90 Å². The van der Waals surface area contributed by atoms with Crippen molar-refractivity contribution in [2.24, 2.45) is 0 Å². The van der Waals surface area contributed by atoms with Crippen LogP contribution in [0.3, 0.4) is 0 Å². The molecule has 1 N–H and O–H groups in total. The average Bonchev–Trinajstić information content (AvgIpc) is 2.68. The molecule has 0 atom stereocenters. The molecule has 1 saturated heterocycles. The summed E-state index contributed by atoms with van der Waals surface area (Å²) in [6.45, 7) is 4.50. The average molecular weight is 389 g/mol. The molecular formula is C19H23N3O4S. The number of nitrogens with zero attached hydrogens (tertiary/aromatic N) is 2. The van der Waals surface area contributed by atoms with Crippen molar-refractivity contribution in [3.05, 3.63) is 48.0 Å². The van der Waals surface area contributed by atoms with Gasteiger partial charge in [-0.1, -0.05) is 12.1 Å². The standard InChI is InChI=1S/C19H23N3O4S/c1-15-4-3-5-17(12-15)27(24,25)20-18-13-16(6-7-19(18)26-2)22-10-8-21(14-23)9-11-22/h3-7,12-14,20H,8-11H2,1-2H3. The highest BCUT2D eigenvalue weighted by Gasteiger charge is 2.20. The zero-order valence-corrected chi connectivity index (χ0v) is 16.2. The zero-order chi connectivity index (χ0) is 19.4. The molecule has 27 heavy (non-hydrogen) atoms. The minimum absolute atomic E-state index is 0.203. The van der Waals surface area contributed by atoms with E-state index < -0.39 is 10.0 Å². The topological polar surface area (TPSA) is 79.0 Å². The highest BCUT2D eigenvalue weighted by Crippen LogP contribution is 2.32. The fraction of sp³-hybridized carbons (Fsp3) is 0.316. The van der Waals surface area contributed by atoms with Crippen LogP contribution in [0.4, 0.5) is 11.4 Å². The van der Waals surface area contributed by atoms with Gasteiger partial charge in [0.05, 0.1) is 17.7 Å². The molecule has 1 aliphatic rings. The first-order chi connectivity index (χ1) is 12.9. The lowest BCUT2D eigenvalue weighted by Gasteiger charge is -2.34. The first kappa shape index (κ1) is 19.0. The third-order valence-electron chi connectivity index (χ3n) is 4.56. The van der Waals surface area contributed by atoms with Crippen molar-refractivity contribution in [2.45, 2.75) is 11.8 Å². The number of carbonyl (C=O) groups is 1. The summed E-state index contributed by atoms with van der Waals surface area (Å²) in [5, 5.41) is 0. The SMILES string of the molecule is COc1ccc(N2CCN(C=O)CC2)cc1NS(=O)(=O)c1cccc(C)c1. The summed E-state index contributed by atoms with van der Waals surface area (Å²) in [4.78, 5) is 14.9. The molecule has 1 fully saturated rings. The lowest BCUT2D eigenvalue weighted by molar-refractivity contribution is -0.118. The highest BCUT2D eigenvalue weighted by atomic mass is 32.2. The van der Waals surface area contributed by atoms with Crippen LogP contribution in [0.15, 0.2) is 47.4 Å². The van der Waals surface area contributed by atoms with E-state index in [1.807, 2.05) is 19.1 Å². The number of aryl methyl sites for hydroxylation is 1. The van der Waals surface area contributed by atoms with Gasteiger partial charge in [0.25, 0.3) is 10.0 Å². The van der Waals surface area contributed by atoms with E-state index in [4.69, 9.17) is 4.74 Å². The second kappa shape index (κ2) is 7.87. The predicted octanol–water partition coefficient (Wildman–Crippen LogP) is 2.08. The van der Waals surface area contributed by atoms with Gasteiger partial charge in [-0.3, -0.25) is 9.52 Å². The largest absolute Gasteiger partial charge is 0.495 e. The van der Waals surface area contributed by atoms with Gasteiger partial charge in [0.2, 0.25) is 6.41 Å². The van der Waals surface area contributed by atoms with Crippen LogP contribution < -0.4 is 14.4 Å². The van der Waals surface area contributed by atoms with Crippen molar-refractivity contribution in [2.75, 3.05) is 42.9 Å². The minimum atomic E-state index is -3.73. The summed E-state index contributed by atoms with van der Waals surface area (Å²) in [5.41, 5.74) is 2.13. The molecule has 1 aliphatic heterocycles. The van der Waals surface area contributed by atoms with Crippen molar-refractivity contribution in [3.63, 3.8) is 0 Å². The Morgan fingerprint density at radius 2 is 1.81 bits per heavy atom. The van der Waals surface area contributed by atoms with E-state index in [1.54, 1.807) is 35.2 Å². The Morgan fingerprint density at radius 3 is 2.44 bits per heavy atom. The summed E-state index contributed by atoms with van der Waals surface area (Å²) in [6, 6.07) is 12.1. The summed E-state index contributed by atoms with van der Waals surface area (Å²) in [5.74, 6) is 0.446. The van der Waals surface area contributed by atoms with Gasteiger partial charge in [0.1, 0.15) is 5.75 Å². The van der Waals surface area contributed by atoms with Crippen molar-refractivity contribution in [3.8, 4) is 5.75 Å². The Hall–Kier alpha value is -2.74. The van der Waals surface area contributed by atoms with Gasteiger partial charge < -0.3 is 14.5 Å². The van der Waals surface area contributed by atoms with E-state index in [1.165, 1.54) is 7.11 Å². The Morgan fingerprint density at radius 1 is 1.07 bits per heavy atom. The highest BCUT2D eigenvalue weighted by molar-refractivity contribution is 7.92. The second-order valence-electron chi connectivity index (χ2n) is 6.44. The number of anilines is 2. The number of carbonyl (C=O) groups excluding carboxylic acids is 1. The molecule has 0 bridgehead atoms. The first-order valence-electron chi connectivity index (χ1n) is 8.65. The van der Waals surface area contributed by atoms with Gasteiger partial charge in [0, 0.05) is 31.9 Å². The maximum absolute atomic E-state index is 12.8. The van der Waals surface area contributed by atoms with Crippen molar-refractivity contribution in [1.29, 1.82) is 0 Å². The number of nitrogens with one attached hydrogen (secondary N) is 1. The molecular weight excluding hydrogens is 366 g/mol. The lowest BCUT2D eigenvalue weighted by atomic mass is 10.2. The molecule has 1 heterocycles. The summed E-state index contributed by atoms with van der Waals surface area (Å²) >= 11 is 0. The van der Waals surface area contributed by atoms with Gasteiger partial charge in [0.15, 0.2) is 0 Å². The first-order valence-corrected chi connectivity index (χ1v) is 10.1. The van der Waals surface area contributed by atoms with Crippen LogP contribution in [-0.2, 0) is 14.8 Å². The number of amides is 1. The van der Waals surface area contributed by atoms with Gasteiger partial charge in [-0.05, 0) is 42.8 Å². The molecule has 0 spiro atoms. The van der Waals surface area contributed by atoms with Crippen molar-refractivity contribution in [1.82, 2.24) is 4.90 Å². The number of hydrogen-bond acceptors (Lipinski definition) is 5. The van der Waals surface area contributed by atoms with Crippen LogP contribution in [0.5, 0.6) is 5.75 Å². The van der Waals surface area contributed by atoms with E-state index >= 15 is 0 Å². The molecule has 2 aromatic carbocycles. The Labute approximate surface area is 159 Å². The fourth-order valence-electron chi connectivity index (χ4n) is 3.04. The zero-order valence-electron chi connectivity index (χ0n) is 15.4. The molecule has 2 aromatic rings. The second-order valence-corrected chi connectivity index (χ2v) is 8.12. The van der Waals surface area contributed by atoms with Gasteiger partial charge in [-0.15, -0.1) is 0 Å². The number of methoxy groups -OCH3 is 1. The van der Waals surface area contributed by atoms with E-state index in [2.05, 4.69) is 9.62 Å². The number of piperazine rings is 1. The van der Waals surface area contributed by atoms with E-state index in [9.17, 15) is 13.2 Å². The van der Waals surface area contributed by atoms with Gasteiger partial charge in [-0.25, -0.2) is 8.42 Å². The van der Waals surface area contributed by atoms with Crippen molar-refractivity contribution >= 4 is 27.8 Å². The molecule has 0 radical (unpaired) electrons. The van der Waals surface area contributed by atoms with Crippen LogP contribution in [0.2, 0.25) is 0 Å². The third-order valence-corrected chi connectivity index (χ3v) is 5.92. The van der Waals surface area contributed by atoms with Crippen LogP contribution in [0.25, 0.3) is 0 Å². The van der Waals surface area contributed by atoms with E-state index in [0.29, 0.717) is 37.6 Å². The quantitative estimate of drug-likeness (QED) is 0.766. The molecule has 8 heteroatoms. The molecule has 0 aliphatic carbocycles. The van der Waals surface area contributed by atoms with Gasteiger partial charge in [-0.2, -0.15) is 0 Å². The molecule has 144 valence electrons. The maximum Gasteiger partial charge on any atom is 0.262 e. The third kappa shape index (κ3) is 4.33. The number of rotatable bonds is 6. The Kier molecular flexibility index (Phi) is 5.55.